The van der Waals surface area contributed by atoms with Crippen LogP contribution in [0.2, 0.25) is 0 Å². The molecule has 2 N–H and O–H groups in total. The second kappa shape index (κ2) is 7.08. The number of fused-ring (bicyclic) bond motifs is 1. The van der Waals surface area contributed by atoms with Crippen LogP contribution in [0, 0.1) is 22.0 Å². The summed E-state index contributed by atoms with van der Waals surface area (Å²) in [6.07, 6.45) is 6.52. The molecule has 0 bridgehead atoms. The molecule has 1 amide bonds. The van der Waals surface area contributed by atoms with Crippen LogP contribution in [-0.2, 0) is 4.79 Å². The lowest BCUT2D eigenvalue weighted by Crippen LogP contribution is -3.15. The number of piperidine rings is 1. The lowest BCUT2D eigenvalue weighted by Gasteiger charge is -2.38. The largest absolute Gasteiger partial charge is 0.327 e. The Bertz CT molecular complexity index is 590. The molecule has 1 saturated heterocycles. The lowest BCUT2D eigenvalue weighted by molar-refractivity contribution is -0.902. The number of hydrogen-bond acceptors (Lipinski definition) is 3. The fourth-order valence-corrected chi connectivity index (χ4v) is 4.12. The number of amides is 1. The molecule has 3 rings (SSSR count). The number of hydrogen-bond donors (Lipinski definition) is 2. The Labute approximate surface area is 136 Å². The Kier molecular flexibility index (Phi) is 4.91. The number of anilines is 1. The van der Waals surface area contributed by atoms with Gasteiger partial charge in [0.1, 0.15) is 5.69 Å². The van der Waals surface area contributed by atoms with Gasteiger partial charge in [-0.1, -0.05) is 25.0 Å². The monoisotopic (exact) mass is 318 g/mol. The predicted molar refractivity (Wildman–Crippen MR) is 87.4 cm³/mol. The highest BCUT2D eigenvalue weighted by Crippen LogP contribution is 2.32. The smallest absolute Gasteiger partial charge is 0.292 e. The van der Waals surface area contributed by atoms with Gasteiger partial charge in [0.2, 0.25) is 0 Å². The molecular formula is C17H24N3O3+. The van der Waals surface area contributed by atoms with Crippen LogP contribution < -0.4 is 10.2 Å². The topological polar surface area (TPSA) is 76.7 Å². The maximum Gasteiger partial charge on any atom is 0.292 e. The third-order valence-electron chi connectivity index (χ3n) is 5.27. The number of nitrogens with zero attached hydrogens (tertiary/aromatic N) is 1. The first-order valence-electron chi connectivity index (χ1n) is 8.50. The molecule has 3 atom stereocenters. The first-order chi connectivity index (χ1) is 11.1. The van der Waals surface area contributed by atoms with Crippen LogP contribution >= 0.6 is 0 Å². The van der Waals surface area contributed by atoms with Crippen molar-refractivity contribution < 1.29 is 14.6 Å². The highest BCUT2D eigenvalue weighted by Gasteiger charge is 2.34. The molecule has 6 heteroatoms. The van der Waals surface area contributed by atoms with Crippen molar-refractivity contribution in [2.75, 3.05) is 25.0 Å². The molecule has 1 heterocycles. The quantitative estimate of drug-likeness (QED) is 0.654. The SMILES string of the molecule is O=C(C[NH+]1CC[C@H]2CCCC[C@@H]2C1)Nc1ccccc1[N+](=O)[O-]. The van der Waals surface area contributed by atoms with Crippen molar-refractivity contribution in [1.82, 2.24) is 0 Å². The average Bonchev–Trinajstić information content (AvgIpc) is 2.55. The third kappa shape index (κ3) is 3.88. The summed E-state index contributed by atoms with van der Waals surface area (Å²) in [6, 6.07) is 6.30. The number of nitrogens with one attached hydrogen (secondary N) is 2. The maximum atomic E-state index is 12.3. The summed E-state index contributed by atoms with van der Waals surface area (Å²) in [4.78, 5) is 24.1. The fraction of sp³-hybridized carbons (Fsp3) is 0.588. The summed E-state index contributed by atoms with van der Waals surface area (Å²) in [7, 11) is 0. The van der Waals surface area contributed by atoms with Gasteiger partial charge in [-0.25, -0.2) is 0 Å². The number of para-hydroxylation sites is 2. The molecule has 1 aromatic rings. The first kappa shape index (κ1) is 15.9. The van der Waals surface area contributed by atoms with Crippen LogP contribution in [-0.4, -0.2) is 30.5 Å². The van der Waals surface area contributed by atoms with E-state index in [0.717, 1.165) is 24.9 Å². The van der Waals surface area contributed by atoms with Crippen molar-refractivity contribution in [3.05, 3.63) is 34.4 Å². The van der Waals surface area contributed by atoms with Crippen molar-refractivity contribution in [3.63, 3.8) is 0 Å². The number of carbonyl (C=O) groups excluding carboxylic acids is 1. The zero-order valence-electron chi connectivity index (χ0n) is 13.3. The number of benzene rings is 1. The fourth-order valence-electron chi connectivity index (χ4n) is 4.12. The molecule has 1 saturated carbocycles. The van der Waals surface area contributed by atoms with Crippen LogP contribution in [0.1, 0.15) is 32.1 Å². The van der Waals surface area contributed by atoms with Crippen molar-refractivity contribution >= 4 is 17.3 Å². The Morgan fingerprint density at radius 1 is 1.22 bits per heavy atom. The zero-order valence-corrected chi connectivity index (χ0v) is 13.3. The van der Waals surface area contributed by atoms with Crippen LogP contribution in [0.15, 0.2) is 24.3 Å². The van der Waals surface area contributed by atoms with Crippen molar-refractivity contribution in [2.45, 2.75) is 32.1 Å². The Hall–Kier alpha value is -1.95. The molecule has 2 fully saturated rings. The van der Waals surface area contributed by atoms with Crippen LogP contribution in [0.5, 0.6) is 0 Å². The molecule has 1 unspecified atom stereocenters. The van der Waals surface area contributed by atoms with E-state index in [4.69, 9.17) is 0 Å². The first-order valence-corrected chi connectivity index (χ1v) is 8.50. The number of quaternary nitrogens is 1. The van der Waals surface area contributed by atoms with E-state index in [1.165, 1.54) is 43.1 Å². The van der Waals surface area contributed by atoms with E-state index >= 15 is 0 Å². The highest BCUT2D eigenvalue weighted by molar-refractivity contribution is 5.93. The van der Waals surface area contributed by atoms with E-state index in [1.54, 1.807) is 18.2 Å². The molecule has 2 aliphatic rings. The normalized spacial score (nSPS) is 27.0. The van der Waals surface area contributed by atoms with E-state index in [2.05, 4.69) is 5.32 Å². The zero-order chi connectivity index (χ0) is 16.2. The van der Waals surface area contributed by atoms with Crippen molar-refractivity contribution in [3.8, 4) is 0 Å². The maximum absolute atomic E-state index is 12.3. The molecule has 1 aliphatic heterocycles. The molecule has 6 nitrogen and oxygen atoms in total. The van der Waals surface area contributed by atoms with Gasteiger partial charge in [0, 0.05) is 12.0 Å². The van der Waals surface area contributed by atoms with Gasteiger partial charge in [-0.15, -0.1) is 0 Å². The van der Waals surface area contributed by atoms with E-state index in [1.807, 2.05) is 0 Å². The Balaban J connectivity index is 1.57. The number of nitro benzene ring substituents is 1. The van der Waals surface area contributed by atoms with E-state index in [0.29, 0.717) is 6.54 Å². The van der Waals surface area contributed by atoms with Gasteiger partial charge in [0.15, 0.2) is 6.54 Å². The predicted octanol–water partition coefficient (Wildman–Crippen LogP) is 1.63. The number of likely N-dealkylation sites (tertiary alicyclic amines) is 1. The van der Waals surface area contributed by atoms with Crippen LogP contribution in [0.4, 0.5) is 11.4 Å². The standard InChI is InChI=1S/C17H23N3O3/c21-17(18-15-7-3-4-8-16(15)20(22)23)12-19-10-9-13-5-1-2-6-14(13)11-19/h3-4,7-8,13-14H,1-2,5-6,9-12H2,(H,18,21)/p+1/t13-,14-/m1/s1. The van der Waals surface area contributed by atoms with Crippen molar-refractivity contribution in [1.29, 1.82) is 0 Å². The van der Waals surface area contributed by atoms with E-state index in [-0.39, 0.29) is 17.3 Å². The van der Waals surface area contributed by atoms with Gasteiger partial charge >= 0.3 is 0 Å². The van der Waals surface area contributed by atoms with Gasteiger partial charge in [-0.05, 0) is 31.2 Å². The molecule has 23 heavy (non-hydrogen) atoms. The minimum absolute atomic E-state index is 0.0539. The molecule has 0 radical (unpaired) electrons. The average molecular weight is 318 g/mol. The number of nitro groups is 1. The van der Waals surface area contributed by atoms with E-state index < -0.39 is 4.92 Å². The van der Waals surface area contributed by atoms with Gasteiger partial charge < -0.3 is 10.2 Å². The van der Waals surface area contributed by atoms with Gasteiger partial charge in [-0.3, -0.25) is 14.9 Å². The van der Waals surface area contributed by atoms with E-state index in [9.17, 15) is 14.9 Å². The number of carbonyl (C=O) groups is 1. The summed E-state index contributed by atoms with van der Waals surface area (Å²) < 4.78 is 0. The summed E-state index contributed by atoms with van der Waals surface area (Å²) in [6.45, 7) is 2.50. The molecule has 1 aliphatic carbocycles. The minimum atomic E-state index is -0.462. The highest BCUT2D eigenvalue weighted by atomic mass is 16.6. The summed E-state index contributed by atoms with van der Waals surface area (Å²) >= 11 is 0. The summed E-state index contributed by atoms with van der Waals surface area (Å²) in [5.41, 5.74) is 0.233. The minimum Gasteiger partial charge on any atom is -0.327 e. The number of rotatable bonds is 4. The third-order valence-corrected chi connectivity index (χ3v) is 5.27. The molecule has 124 valence electrons. The molecule has 1 aromatic carbocycles. The molecular weight excluding hydrogens is 294 g/mol. The van der Waals surface area contributed by atoms with Gasteiger partial charge in [0.05, 0.1) is 18.0 Å². The van der Waals surface area contributed by atoms with Gasteiger partial charge in [-0.2, -0.15) is 0 Å². The van der Waals surface area contributed by atoms with Crippen LogP contribution in [0.3, 0.4) is 0 Å². The second-order valence-electron chi connectivity index (χ2n) is 6.80. The molecule has 0 spiro atoms. The Morgan fingerprint density at radius 2 is 1.96 bits per heavy atom. The molecule has 0 aromatic heterocycles. The Morgan fingerprint density at radius 3 is 2.74 bits per heavy atom. The van der Waals surface area contributed by atoms with Crippen LogP contribution in [0.25, 0.3) is 0 Å². The summed E-state index contributed by atoms with van der Waals surface area (Å²) in [5.74, 6) is 1.47. The summed E-state index contributed by atoms with van der Waals surface area (Å²) in [5, 5.41) is 13.7. The van der Waals surface area contributed by atoms with Crippen molar-refractivity contribution in [2.24, 2.45) is 11.8 Å². The van der Waals surface area contributed by atoms with Gasteiger partial charge in [0.25, 0.3) is 11.6 Å². The lowest BCUT2D eigenvalue weighted by atomic mass is 9.75. The second-order valence-corrected chi connectivity index (χ2v) is 6.80.